The van der Waals surface area contributed by atoms with Crippen LogP contribution in [0.2, 0.25) is 5.02 Å². The number of hydrogen-bond donors (Lipinski definition) is 1. The first kappa shape index (κ1) is 15.8. The maximum Gasteiger partial charge on any atom is 0.142 e. The molecular formula is C18H21ClN2O2. The summed E-state index contributed by atoms with van der Waals surface area (Å²) in [6.07, 6.45) is 2.06. The summed E-state index contributed by atoms with van der Waals surface area (Å²) in [6, 6.07) is 13.5. The predicted molar refractivity (Wildman–Crippen MR) is 94.7 cm³/mol. The molecule has 0 aliphatic carbocycles. The van der Waals surface area contributed by atoms with E-state index in [1.807, 2.05) is 30.3 Å². The lowest BCUT2D eigenvalue weighted by atomic mass is 10.1. The fourth-order valence-electron chi connectivity index (χ4n) is 2.90. The number of rotatable bonds is 4. The molecule has 0 spiro atoms. The molecule has 0 unspecified atom stereocenters. The van der Waals surface area contributed by atoms with Crippen molar-refractivity contribution in [3.8, 4) is 11.5 Å². The van der Waals surface area contributed by atoms with E-state index in [1.54, 1.807) is 13.2 Å². The highest BCUT2D eigenvalue weighted by molar-refractivity contribution is 6.32. The third-order valence-corrected chi connectivity index (χ3v) is 4.41. The van der Waals surface area contributed by atoms with Crippen molar-refractivity contribution in [3.05, 3.63) is 47.5 Å². The van der Waals surface area contributed by atoms with Crippen molar-refractivity contribution < 1.29 is 9.47 Å². The van der Waals surface area contributed by atoms with Crippen LogP contribution in [-0.4, -0.2) is 26.3 Å². The SMILES string of the molecule is COc1ccccc1N1CCC(Oc2ccc(N)cc2Cl)CC1. The monoisotopic (exact) mass is 332 g/mol. The molecule has 5 heteroatoms. The molecule has 0 atom stereocenters. The number of ether oxygens (including phenoxy) is 2. The quantitative estimate of drug-likeness (QED) is 0.860. The summed E-state index contributed by atoms with van der Waals surface area (Å²) in [6.45, 7) is 1.86. The molecule has 0 aromatic heterocycles. The molecule has 1 saturated heterocycles. The Morgan fingerprint density at radius 1 is 1.09 bits per heavy atom. The van der Waals surface area contributed by atoms with E-state index in [1.165, 1.54) is 0 Å². The van der Waals surface area contributed by atoms with E-state index >= 15 is 0 Å². The number of nitrogens with two attached hydrogens (primary N) is 1. The van der Waals surface area contributed by atoms with Gasteiger partial charge in [0.25, 0.3) is 0 Å². The number of piperidine rings is 1. The van der Waals surface area contributed by atoms with Crippen molar-refractivity contribution >= 4 is 23.0 Å². The molecule has 3 rings (SSSR count). The molecule has 0 saturated carbocycles. The smallest absolute Gasteiger partial charge is 0.142 e. The number of anilines is 2. The van der Waals surface area contributed by atoms with Crippen LogP contribution in [0.25, 0.3) is 0 Å². The first-order chi connectivity index (χ1) is 11.2. The first-order valence-corrected chi connectivity index (χ1v) is 8.15. The van der Waals surface area contributed by atoms with E-state index in [0.717, 1.165) is 37.4 Å². The normalized spacial score (nSPS) is 15.5. The third-order valence-electron chi connectivity index (χ3n) is 4.12. The van der Waals surface area contributed by atoms with E-state index in [0.29, 0.717) is 16.5 Å². The average Bonchev–Trinajstić information content (AvgIpc) is 2.58. The van der Waals surface area contributed by atoms with Crippen LogP contribution in [0.3, 0.4) is 0 Å². The summed E-state index contributed by atoms with van der Waals surface area (Å²) in [7, 11) is 1.71. The number of nitrogen functional groups attached to an aromatic ring is 1. The first-order valence-electron chi connectivity index (χ1n) is 7.77. The Morgan fingerprint density at radius 3 is 2.52 bits per heavy atom. The van der Waals surface area contributed by atoms with Gasteiger partial charge in [-0.1, -0.05) is 23.7 Å². The van der Waals surface area contributed by atoms with Crippen LogP contribution in [0.5, 0.6) is 11.5 Å². The van der Waals surface area contributed by atoms with E-state index < -0.39 is 0 Å². The predicted octanol–water partition coefficient (Wildman–Crippen LogP) is 3.98. The van der Waals surface area contributed by atoms with Crippen molar-refractivity contribution in [1.82, 2.24) is 0 Å². The van der Waals surface area contributed by atoms with Crippen molar-refractivity contribution in [1.29, 1.82) is 0 Å². The van der Waals surface area contributed by atoms with Crippen LogP contribution in [-0.2, 0) is 0 Å². The van der Waals surface area contributed by atoms with Crippen LogP contribution in [0, 0.1) is 0 Å². The molecule has 2 aromatic carbocycles. The fraction of sp³-hybridized carbons (Fsp3) is 0.333. The Bertz CT molecular complexity index is 670. The van der Waals surface area contributed by atoms with Crippen LogP contribution >= 0.6 is 11.6 Å². The van der Waals surface area contributed by atoms with Crippen molar-refractivity contribution in [2.45, 2.75) is 18.9 Å². The maximum atomic E-state index is 6.18. The molecule has 1 aliphatic heterocycles. The highest BCUT2D eigenvalue weighted by Crippen LogP contribution is 2.32. The van der Waals surface area contributed by atoms with Gasteiger partial charge in [-0.2, -0.15) is 0 Å². The number of hydrogen-bond acceptors (Lipinski definition) is 4. The molecule has 4 nitrogen and oxygen atoms in total. The van der Waals surface area contributed by atoms with Gasteiger partial charge < -0.3 is 20.1 Å². The van der Waals surface area contributed by atoms with Gasteiger partial charge in [0.1, 0.15) is 17.6 Å². The molecule has 23 heavy (non-hydrogen) atoms. The van der Waals surface area contributed by atoms with Gasteiger partial charge in [-0.25, -0.2) is 0 Å². The lowest BCUT2D eigenvalue weighted by Gasteiger charge is -2.34. The van der Waals surface area contributed by atoms with E-state index in [2.05, 4.69) is 11.0 Å². The van der Waals surface area contributed by atoms with Crippen LogP contribution < -0.4 is 20.1 Å². The molecule has 2 N–H and O–H groups in total. The minimum absolute atomic E-state index is 0.169. The highest BCUT2D eigenvalue weighted by Gasteiger charge is 2.23. The Morgan fingerprint density at radius 2 is 1.83 bits per heavy atom. The highest BCUT2D eigenvalue weighted by atomic mass is 35.5. The van der Waals surface area contributed by atoms with Gasteiger partial charge in [-0.05, 0) is 30.3 Å². The summed E-state index contributed by atoms with van der Waals surface area (Å²) in [5.41, 5.74) is 7.50. The number of methoxy groups -OCH3 is 1. The molecule has 0 amide bonds. The second kappa shape index (κ2) is 7.01. The Labute approximate surface area is 141 Å². The number of benzene rings is 2. The molecule has 122 valence electrons. The van der Waals surface area contributed by atoms with E-state index in [9.17, 15) is 0 Å². The van der Waals surface area contributed by atoms with Gasteiger partial charge in [-0.15, -0.1) is 0 Å². The van der Waals surface area contributed by atoms with E-state index in [-0.39, 0.29) is 6.10 Å². The van der Waals surface area contributed by atoms with Crippen LogP contribution in [0.15, 0.2) is 42.5 Å². The molecule has 1 fully saturated rings. The fourth-order valence-corrected chi connectivity index (χ4v) is 3.13. The Kier molecular flexibility index (Phi) is 4.82. The topological polar surface area (TPSA) is 47.7 Å². The standard InChI is InChI=1S/C18H21ClN2O2/c1-22-18-5-3-2-4-16(18)21-10-8-14(9-11-21)23-17-7-6-13(20)12-15(17)19/h2-7,12,14H,8-11,20H2,1H3. The van der Waals surface area contributed by atoms with Crippen molar-refractivity contribution in [3.63, 3.8) is 0 Å². The van der Waals surface area contributed by atoms with Gasteiger partial charge in [0.15, 0.2) is 0 Å². The zero-order chi connectivity index (χ0) is 16.2. The summed E-state index contributed by atoms with van der Waals surface area (Å²) in [4.78, 5) is 2.34. The second-order valence-electron chi connectivity index (χ2n) is 5.67. The lowest BCUT2D eigenvalue weighted by molar-refractivity contribution is 0.171. The lowest BCUT2D eigenvalue weighted by Crippen LogP contribution is -2.38. The van der Waals surface area contributed by atoms with Gasteiger partial charge >= 0.3 is 0 Å². The van der Waals surface area contributed by atoms with Gasteiger partial charge in [0.2, 0.25) is 0 Å². The summed E-state index contributed by atoms with van der Waals surface area (Å²) in [5.74, 6) is 1.62. The van der Waals surface area contributed by atoms with E-state index in [4.69, 9.17) is 26.8 Å². The molecule has 2 aromatic rings. The van der Waals surface area contributed by atoms with Crippen LogP contribution in [0.1, 0.15) is 12.8 Å². The molecule has 0 radical (unpaired) electrons. The Balaban J connectivity index is 1.62. The minimum atomic E-state index is 0.169. The minimum Gasteiger partial charge on any atom is -0.495 e. The summed E-state index contributed by atoms with van der Waals surface area (Å²) < 4.78 is 11.5. The third kappa shape index (κ3) is 3.64. The van der Waals surface area contributed by atoms with Crippen molar-refractivity contribution in [2.24, 2.45) is 0 Å². The van der Waals surface area contributed by atoms with Crippen molar-refractivity contribution in [2.75, 3.05) is 30.8 Å². The molecule has 1 heterocycles. The zero-order valence-corrected chi connectivity index (χ0v) is 13.9. The largest absolute Gasteiger partial charge is 0.495 e. The van der Waals surface area contributed by atoms with Gasteiger partial charge in [-0.3, -0.25) is 0 Å². The number of para-hydroxylation sites is 2. The van der Waals surface area contributed by atoms with Crippen LogP contribution in [0.4, 0.5) is 11.4 Å². The summed E-state index contributed by atoms with van der Waals surface area (Å²) >= 11 is 6.18. The zero-order valence-electron chi connectivity index (χ0n) is 13.2. The number of nitrogens with zero attached hydrogens (tertiary/aromatic N) is 1. The average molecular weight is 333 g/mol. The molecule has 1 aliphatic rings. The maximum absolute atomic E-state index is 6.18. The number of halogens is 1. The van der Waals surface area contributed by atoms with Gasteiger partial charge in [0.05, 0.1) is 17.8 Å². The second-order valence-corrected chi connectivity index (χ2v) is 6.07. The Hall–Kier alpha value is -2.07. The molecule has 0 bridgehead atoms. The molecular weight excluding hydrogens is 312 g/mol. The van der Waals surface area contributed by atoms with Gasteiger partial charge in [0, 0.05) is 31.6 Å². The summed E-state index contributed by atoms with van der Waals surface area (Å²) in [5, 5.41) is 0.567.